The highest BCUT2D eigenvalue weighted by atomic mass is 16.6. The van der Waals surface area contributed by atoms with Gasteiger partial charge in [0.25, 0.3) is 0 Å². The zero-order valence-corrected chi connectivity index (χ0v) is 12.2. The Kier molecular flexibility index (Phi) is 3.58. The monoisotopic (exact) mass is 254 g/mol. The number of rotatable bonds is 1. The number of likely N-dealkylation sites (tertiary alicyclic amines) is 2. The fourth-order valence-electron chi connectivity index (χ4n) is 3.07. The second kappa shape index (κ2) is 4.72. The molecule has 18 heavy (non-hydrogen) atoms. The Bertz CT molecular complexity index is 316. The lowest BCUT2D eigenvalue weighted by atomic mass is 9.73. The zero-order valence-electron chi connectivity index (χ0n) is 12.2. The van der Waals surface area contributed by atoms with Gasteiger partial charge in [-0.15, -0.1) is 0 Å². The Morgan fingerprint density at radius 3 is 2.50 bits per heavy atom. The summed E-state index contributed by atoms with van der Waals surface area (Å²) >= 11 is 0. The van der Waals surface area contributed by atoms with Crippen molar-refractivity contribution in [2.24, 2.45) is 5.41 Å². The van der Waals surface area contributed by atoms with Crippen LogP contribution in [0.2, 0.25) is 0 Å². The van der Waals surface area contributed by atoms with E-state index in [1.54, 1.807) is 0 Å². The Morgan fingerprint density at radius 2 is 1.94 bits per heavy atom. The highest BCUT2D eigenvalue weighted by Crippen LogP contribution is 2.39. The standard InChI is InChI=1S/C14H26N2O2/c1-5-15-9-14(10-15)7-6-8-16(11-14)12(17)18-13(2,3)4/h5-11H2,1-4H3. The van der Waals surface area contributed by atoms with Crippen LogP contribution >= 0.6 is 0 Å². The van der Waals surface area contributed by atoms with Gasteiger partial charge in [0.1, 0.15) is 5.60 Å². The highest BCUT2D eigenvalue weighted by molar-refractivity contribution is 5.68. The van der Waals surface area contributed by atoms with E-state index in [1.165, 1.54) is 6.42 Å². The molecule has 0 radical (unpaired) electrons. The van der Waals surface area contributed by atoms with E-state index in [9.17, 15) is 4.79 Å². The zero-order chi connectivity index (χ0) is 13.4. The molecule has 104 valence electrons. The average molecular weight is 254 g/mol. The van der Waals surface area contributed by atoms with Gasteiger partial charge in [-0.1, -0.05) is 6.92 Å². The molecule has 0 N–H and O–H groups in total. The van der Waals surface area contributed by atoms with Gasteiger partial charge < -0.3 is 14.5 Å². The van der Waals surface area contributed by atoms with E-state index >= 15 is 0 Å². The van der Waals surface area contributed by atoms with Gasteiger partial charge >= 0.3 is 6.09 Å². The lowest BCUT2D eigenvalue weighted by molar-refractivity contribution is -0.0575. The number of nitrogens with zero attached hydrogens (tertiary/aromatic N) is 2. The third-order valence-electron chi connectivity index (χ3n) is 3.88. The lowest BCUT2D eigenvalue weighted by Crippen LogP contribution is -2.63. The van der Waals surface area contributed by atoms with Crippen LogP contribution < -0.4 is 0 Å². The molecule has 0 aromatic heterocycles. The van der Waals surface area contributed by atoms with E-state index in [0.29, 0.717) is 5.41 Å². The Labute approximate surface area is 110 Å². The molecule has 0 aromatic rings. The smallest absolute Gasteiger partial charge is 0.410 e. The first-order chi connectivity index (χ1) is 8.34. The van der Waals surface area contributed by atoms with Crippen LogP contribution in [-0.2, 0) is 4.74 Å². The molecule has 2 rings (SSSR count). The second-order valence-corrected chi connectivity index (χ2v) is 6.81. The van der Waals surface area contributed by atoms with Crippen LogP contribution in [0.1, 0.15) is 40.5 Å². The lowest BCUT2D eigenvalue weighted by Gasteiger charge is -2.54. The van der Waals surface area contributed by atoms with Crippen molar-refractivity contribution in [1.82, 2.24) is 9.80 Å². The molecule has 0 atom stereocenters. The van der Waals surface area contributed by atoms with Gasteiger partial charge in [0.15, 0.2) is 0 Å². The minimum atomic E-state index is -0.392. The minimum Gasteiger partial charge on any atom is -0.444 e. The van der Waals surface area contributed by atoms with Crippen LogP contribution in [0.15, 0.2) is 0 Å². The molecule has 0 unspecified atom stereocenters. The van der Waals surface area contributed by atoms with E-state index in [4.69, 9.17) is 4.74 Å². The molecule has 0 aliphatic carbocycles. The summed E-state index contributed by atoms with van der Waals surface area (Å²) in [6.07, 6.45) is 2.22. The minimum absolute atomic E-state index is 0.142. The number of amides is 1. The fourth-order valence-corrected chi connectivity index (χ4v) is 3.07. The van der Waals surface area contributed by atoms with Gasteiger partial charge in [-0.25, -0.2) is 4.79 Å². The van der Waals surface area contributed by atoms with E-state index in [1.807, 2.05) is 25.7 Å². The average Bonchev–Trinajstić information content (AvgIpc) is 2.23. The third kappa shape index (κ3) is 2.97. The van der Waals surface area contributed by atoms with Gasteiger partial charge in [-0.05, 0) is 40.2 Å². The van der Waals surface area contributed by atoms with E-state index in [0.717, 1.165) is 39.1 Å². The Balaban J connectivity index is 1.90. The van der Waals surface area contributed by atoms with Crippen LogP contribution in [0.3, 0.4) is 0 Å². The molecule has 1 spiro atoms. The molecule has 2 aliphatic rings. The number of ether oxygens (including phenoxy) is 1. The molecular formula is C14H26N2O2. The molecule has 4 heteroatoms. The molecule has 2 saturated heterocycles. The number of carbonyl (C=O) groups is 1. The first-order valence-electron chi connectivity index (χ1n) is 7.04. The van der Waals surface area contributed by atoms with Gasteiger partial charge in [0.05, 0.1) is 0 Å². The van der Waals surface area contributed by atoms with Crippen LogP contribution in [0, 0.1) is 5.41 Å². The van der Waals surface area contributed by atoms with Crippen LogP contribution in [0.4, 0.5) is 4.79 Å². The molecule has 1 amide bonds. The maximum Gasteiger partial charge on any atom is 0.410 e. The summed E-state index contributed by atoms with van der Waals surface area (Å²) in [7, 11) is 0. The van der Waals surface area contributed by atoms with Crippen molar-refractivity contribution in [3.05, 3.63) is 0 Å². The largest absolute Gasteiger partial charge is 0.444 e. The van der Waals surface area contributed by atoms with Gasteiger partial charge in [0, 0.05) is 31.6 Å². The second-order valence-electron chi connectivity index (χ2n) is 6.81. The number of carbonyl (C=O) groups excluding carboxylic acids is 1. The molecular weight excluding hydrogens is 228 g/mol. The molecule has 0 aromatic carbocycles. The van der Waals surface area contributed by atoms with Crippen molar-refractivity contribution in [3.8, 4) is 0 Å². The first-order valence-corrected chi connectivity index (χ1v) is 7.04. The van der Waals surface area contributed by atoms with Crippen molar-refractivity contribution < 1.29 is 9.53 Å². The molecule has 4 nitrogen and oxygen atoms in total. The SMILES string of the molecule is CCN1CC2(CCCN(C(=O)OC(C)(C)C)C2)C1. The molecule has 0 bridgehead atoms. The number of hydrogen-bond acceptors (Lipinski definition) is 3. The molecule has 0 saturated carbocycles. The van der Waals surface area contributed by atoms with E-state index in [-0.39, 0.29) is 6.09 Å². The van der Waals surface area contributed by atoms with Crippen molar-refractivity contribution in [2.75, 3.05) is 32.7 Å². The first kappa shape index (κ1) is 13.7. The topological polar surface area (TPSA) is 32.8 Å². The Morgan fingerprint density at radius 1 is 1.28 bits per heavy atom. The maximum absolute atomic E-state index is 12.1. The fraction of sp³-hybridized carbons (Fsp3) is 0.929. The summed E-state index contributed by atoms with van der Waals surface area (Å²) in [6.45, 7) is 13.1. The number of hydrogen-bond donors (Lipinski definition) is 0. The van der Waals surface area contributed by atoms with Crippen molar-refractivity contribution in [3.63, 3.8) is 0 Å². The van der Waals surface area contributed by atoms with Crippen molar-refractivity contribution in [2.45, 2.75) is 46.1 Å². The molecule has 2 fully saturated rings. The van der Waals surface area contributed by atoms with Crippen LogP contribution in [0.5, 0.6) is 0 Å². The Hall–Kier alpha value is -0.770. The number of piperidine rings is 1. The predicted octanol–water partition coefficient (Wildman–Crippen LogP) is 2.34. The van der Waals surface area contributed by atoms with Gasteiger partial charge in [-0.3, -0.25) is 0 Å². The van der Waals surface area contributed by atoms with Gasteiger partial charge in [-0.2, -0.15) is 0 Å². The van der Waals surface area contributed by atoms with E-state index in [2.05, 4.69) is 11.8 Å². The van der Waals surface area contributed by atoms with Crippen molar-refractivity contribution in [1.29, 1.82) is 0 Å². The summed E-state index contributed by atoms with van der Waals surface area (Å²) in [6, 6.07) is 0. The van der Waals surface area contributed by atoms with Crippen LogP contribution in [-0.4, -0.2) is 54.2 Å². The molecule has 2 heterocycles. The molecule has 2 aliphatic heterocycles. The highest BCUT2D eigenvalue weighted by Gasteiger charge is 2.46. The van der Waals surface area contributed by atoms with Crippen LogP contribution in [0.25, 0.3) is 0 Å². The third-order valence-corrected chi connectivity index (χ3v) is 3.88. The summed E-state index contributed by atoms with van der Waals surface area (Å²) in [4.78, 5) is 16.4. The van der Waals surface area contributed by atoms with Crippen molar-refractivity contribution >= 4 is 6.09 Å². The quantitative estimate of drug-likeness (QED) is 0.720. The summed E-state index contributed by atoms with van der Waals surface area (Å²) in [5, 5.41) is 0. The van der Waals surface area contributed by atoms with Gasteiger partial charge in [0.2, 0.25) is 0 Å². The normalized spacial score (nSPS) is 23.9. The maximum atomic E-state index is 12.1. The predicted molar refractivity (Wildman–Crippen MR) is 71.6 cm³/mol. The van der Waals surface area contributed by atoms with E-state index < -0.39 is 5.60 Å². The summed E-state index contributed by atoms with van der Waals surface area (Å²) < 4.78 is 5.47. The summed E-state index contributed by atoms with van der Waals surface area (Å²) in [5.74, 6) is 0. The summed E-state index contributed by atoms with van der Waals surface area (Å²) in [5.41, 5.74) is -0.0398.